The van der Waals surface area contributed by atoms with Gasteiger partial charge < -0.3 is 15.5 Å². The molecule has 0 aliphatic heterocycles. The molecule has 0 spiro atoms. The molecule has 1 aromatic rings. The minimum absolute atomic E-state index is 0. The Hall–Kier alpha value is -0.810. The van der Waals surface area contributed by atoms with Crippen molar-refractivity contribution in [3.05, 3.63) is 29.3 Å². The summed E-state index contributed by atoms with van der Waals surface area (Å²) in [5, 5.41) is 5.74. The zero-order valence-corrected chi connectivity index (χ0v) is 13.5. The van der Waals surface area contributed by atoms with Gasteiger partial charge in [0.05, 0.1) is 6.54 Å². The molecule has 2 N–H and O–H groups in total. The van der Waals surface area contributed by atoms with Crippen molar-refractivity contribution >= 4 is 36.4 Å². The molecular weight excluding hydrogens is 285 g/mol. The fourth-order valence-corrected chi connectivity index (χ4v) is 1.62. The first kappa shape index (κ1) is 20.5. The van der Waals surface area contributed by atoms with Crippen LogP contribution >= 0.6 is 24.8 Å². The van der Waals surface area contributed by atoms with Gasteiger partial charge in [-0.05, 0) is 45.3 Å². The van der Waals surface area contributed by atoms with Crippen molar-refractivity contribution in [1.82, 2.24) is 10.2 Å². The number of carbonyl (C=O) groups excluding carboxylic acids is 1. The second kappa shape index (κ2) is 10.0. The van der Waals surface area contributed by atoms with E-state index in [4.69, 9.17) is 0 Å². The number of hydrogen-bond acceptors (Lipinski definition) is 3. The summed E-state index contributed by atoms with van der Waals surface area (Å²) in [6, 6.07) is 6.15. The fourth-order valence-electron chi connectivity index (χ4n) is 1.62. The lowest BCUT2D eigenvalue weighted by Crippen LogP contribution is -2.25. The van der Waals surface area contributed by atoms with Gasteiger partial charge in [0.25, 0.3) is 0 Å². The molecule has 0 radical (unpaired) electrons. The Balaban J connectivity index is 0. The first-order valence-electron chi connectivity index (χ1n) is 5.71. The number of nitrogens with one attached hydrogen (secondary N) is 2. The molecule has 0 heterocycles. The van der Waals surface area contributed by atoms with E-state index >= 15 is 0 Å². The Morgan fingerprint density at radius 2 is 1.89 bits per heavy atom. The van der Waals surface area contributed by atoms with Gasteiger partial charge in [-0.3, -0.25) is 4.79 Å². The third kappa shape index (κ3) is 7.38. The van der Waals surface area contributed by atoms with Crippen LogP contribution in [-0.2, 0) is 11.3 Å². The average Bonchev–Trinajstić information content (AvgIpc) is 2.22. The lowest BCUT2D eigenvalue weighted by atomic mass is 10.1. The van der Waals surface area contributed by atoms with Gasteiger partial charge in [0.15, 0.2) is 0 Å². The van der Waals surface area contributed by atoms with E-state index < -0.39 is 0 Å². The van der Waals surface area contributed by atoms with Crippen molar-refractivity contribution in [2.24, 2.45) is 0 Å². The van der Waals surface area contributed by atoms with E-state index in [0.717, 1.165) is 17.8 Å². The summed E-state index contributed by atoms with van der Waals surface area (Å²) in [5.74, 6) is -0.0161. The molecule has 0 fully saturated rings. The van der Waals surface area contributed by atoms with Gasteiger partial charge in [-0.1, -0.05) is 12.1 Å². The molecule has 0 aliphatic carbocycles. The smallest absolute Gasteiger partial charge is 0.238 e. The minimum Gasteiger partial charge on any atom is -0.325 e. The standard InChI is InChI=1S/C13H21N3O.2ClH/c1-10-5-6-11(9-16(3)4)7-12(10)15-13(17)8-14-2;;/h5-7,14H,8-9H2,1-4H3,(H,15,17);2*1H. The molecule has 1 rings (SSSR count). The molecule has 110 valence electrons. The minimum atomic E-state index is -0.0161. The zero-order valence-electron chi connectivity index (χ0n) is 11.8. The predicted molar refractivity (Wildman–Crippen MR) is 85.6 cm³/mol. The van der Waals surface area contributed by atoms with Gasteiger partial charge in [-0.15, -0.1) is 24.8 Å². The van der Waals surface area contributed by atoms with Gasteiger partial charge in [0, 0.05) is 12.2 Å². The molecular formula is C13H23Cl2N3O. The number of nitrogens with zero attached hydrogens (tertiary/aromatic N) is 1. The first-order valence-corrected chi connectivity index (χ1v) is 5.71. The third-order valence-corrected chi connectivity index (χ3v) is 2.41. The molecule has 0 saturated heterocycles. The Morgan fingerprint density at radius 3 is 2.42 bits per heavy atom. The summed E-state index contributed by atoms with van der Waals surface area (Å²) in [4.78, 5) is 13.6. The number of likely N-dealkylation sites (N-methyl/N-ethyl adjacent to an activating group) is 1. The Labute approximate surface area is 127 Å². The van der Waals surface area contributed by atoms with Crippen molar-refractivity contribution in [3.63, 3.8) is 0 Å². The topological polar surface area (TPSA) is 44.4 Å². The van der Waals surface area contributed by atoms with Crippen molar-refractivity contribution in [3.8, 4) is 0 Å². The number of benzene rings is 1. The van der Waals surface area contributed by atoms with Crippen LogP contribution in [0.1, 0.15) is 11.1 Å². The number of rotatable bonds is 5. The number of hydrogen-bond donors (Lipinski definition) is 2. The maximum Gasteiger partial charge on any atom is 0.238 e. The van der Waals surface area contributed by atoms with Gasteiger partial charge in [0.2, 0.25) is 5.91 Å². The fraction of sp³-hybridized carbons (Fsp3) is 0.462. The molecule has 0 unspecified atom stereocenters. The van der Waals surface area contributed by atoms with Gasteiger partial charge >= 0.3 is 0 Å². The molecule has 6 heteroatoms. The largest absolute Gasteiger partial charge is 0.325 e. The monoisotopic (exact) mass is 307 g/mol. The van der Waals surface area contributed by atoms with Crippen molar-refractivity contribution in [2.45, 2.75) is 13.5 Å². The highest BCUT2D eigenvalue weighted by Gasteiger charge is 2.05. The summed E-state index contributed by atoms with van der Waals surface area (Å²) in [6.45, 7) is 3.20. The summed E-state index contributed by atoms with van der Waals surface area (Å²) >= 11 is 0. The number of anilines is 1. The van der Waals surface area contributed by atoms with Crippen LogP contribution in [0.5, 0.6) is 0 Å². The molecule has 0 saturated carbocycles. The highest BCUT2D eigenvalue weighted by Crippen LogP contribution is 2.17. The molecule has 19 heavy (non-hydrogen) atoms. The molecule has 0 atom stereocenters. The Kier molecular flexibility index (Phi) is 10.8. The van der Waals surface area contributed by atoms with Crippen LogP contribution in [0.3, 0.4) is 0 Å². The van der Waals surface area contributed by atoms with E-state index in [9.17, 15) is 4.79 Å². The number of amides is 1. The van der Waals surface area contributed by atoms with Crippen LogP contribution in [0.4, 0.5) is 5.69 Å². The summed E-state index contributed by atoms with van der Waals surface area (Å²) in [5.41, 5.74) is 3.17. The van der Waals surface area contributed by atoms with E-state index in [1.165, 1.54) is 5.56 Å². The lowest BCUT2D eigenvalue weighted by molar-refractivity contribution is -0.115. The average molecular weight is 308 g/mol. The second-order valence-corrected chi connectivity index (χ2v) is 4.47. The van der Waals surface area contributed by atoms with Crippen LogP contribution in [-0.4, -0.2) is 38.5 Å². The van der Waals surface area contributed by atoms with Crippen LogP contribution in [0.2, 0.25) is 0 Å². The maximum atomic E-state index is 11.5. The summed E-state index contributed by atoms with van der Waals surface area (Å²) in [7, 11) is 5.81. The van der Waals surface area contributed by atoms with E-state index in [0.29, 0.717) is 6.54 Å². The maximum absolute atomic E-state index is 11.5. The van der Waals surface area contributed by atoms with E-state index in [1.54, 1.807) is 7.05 Å². The highest BCUT2D eigenvalue weighted by atomic mass is 35.5. The number of halogens is 2. The Morgan fingerprint density at radius 1 is 1.26 bits per heavy atom. The number of aryl methyl sites for hydroxylation is 1. The normalized spacial score (nSPS) is 9.53. The third-order valence-electron chi connectivity index (χ3n) is 2.41. The van der Waals surface area contributed by atoms with Crippen molar-refractivity contribution in [1.29, 1.82) is 0 Å². The van der Waals surface area contributed by atoms with Gasteiger partial charge in [0.1, 0.15) is 0 Å². The SMILES string of the molecule is CNCC(=O)Nc1cc(CN(C)C)ccc1C.Cl.Cl. The highest BCUT2D eigenvalue weighted by molar-refractivity contribution is 5.93. The summed E-state index contributed by atoms with van der Waals surface area (Å²) in [6.07, 6.45) is 0. The molecule has 0 bridgehead atoms. The molecule has 4 nitrogen and oxygen atoms in total. The predicted octanol–water partition coefficient (Wildman–Crippen LogP) is 2.06. The molecule has 1 aromatic carbocycles. The van der Waals surface area contributed by atoms with E-state index in [1.807, 2.05) is 33.2 Å². The van der Waals surface area contributed by atoms with E-state index in [-0.39, 0.29) is 30.7 Å². The second-order valence-electron chi connectivity index (χ2n) is 4.47. The quantitative estimate of drug-likeness (QED) is 0.875. The van der Waals surface area contributed by atoms with Gasteiger partial charge in [-0.2, -0.15) is 0 Å². The van der Waals surface area contributed by atoms with Crippen LogP contribution in [0.15, 0.2) is 18.2 Å². The molecule has 0 aliphatic rings. The molecule has 1 amide bonds. The summed E-state index contributed by atoms with van der Waals surface area (Å²) < 4.78 is 0. The Bertz CT molecular complexity index is 397. The van der Waals surface area contributed by atoms with Gasteiger partial charge in [-0.25, -0.2) is 0 Å². The van der Waals surface area contributed by atoms with Crippen LogP contribution < -0.4 is 10.6 Å². The van der Waals surface area contributed by atoms with E-state index in [2.05, 4.69) is 21.6 Å². The zero-order chi connectivity index (χ0) is 12.8. The van der Waals surface area contributed by atoms with Crippen molar-refractivity contribution < 1.29 is 4.79 Å². The number of carbonyl (C=O) groups is 1. The van der Waals surface area contributed by atoms with Crippen LogP contribution in [0, 0.1) is 6.92 Å². The lowest BCUT2D eigenvalue weighted by Gasteiger charge is -2.13. The molecule has 0 aromatic heterocycles. The first-order chi connectivity index (χ1) is 8.02. The van der Waals surface area contributed by atoms with Crippen LogP contribution in [0.25, 0.3) is 0 Å². The van der Waals surface area contributed by atoms with Crippen molar-refractivity contribution in [2.75, 3.05) is 33.0 Å².